The molecule has 1 unspecified atom stereocenters. The van der Waals surface area contributed by atoms with E-state index in [2.05, 4.69) is 4.98 Å². The molecule has 0 fully saturated rings. The van der Waals surface area contributed by atoms with Crippen molar-refractivity contribution >= 4 is 11.6 Å². The highest BCUT2D eigenvalue weighted by Crippen LogP contribution is 2.11. The number of nitrogens with zero attached hydrogens (tertiary/aromatic N) is 2. The molecule has 1 atom stereocenters. The molecule has 0 aromatic carbocycles. The van der Waals surface area contributed by atoms with E-state index in [-0.39, 0.29) is 5.91 Å². The summed E-state index contributed by atoms with van der Waals surface area (Å²) in [6, 6.07) is 3.61. The summed E-state index contributed by atoms with van der Waals surface area (Å²) in [5.41, 5.74) is 0.771. The van der Waals surface area contributed by atoms with Crippen LogP contribution in [0.4, 0.5) is 5.69 Å². The maximum atomic E-state index is 11.6. The summed E-state index contributed by atoms with van der Waals surface area (Å²) in [5, 5.41) is 9.07. The zero-order valence-electron chi connectivity index (χ0n) is 9.05. The lowest BCUT2D eigenvalue weighted by molar-refractivity contribution is -0.118. The fraction of sp³-hybridized carbons (Fsp3) is 0.455. The predicted octanol–water partition coefficient (Wildman–Crippen LogP) is 1.21. The fourth-order valence-corrected chi connectivity index (χ4v) is 1.20. The minimum Gasteiger partial charge on any atom is -0.393 e. The molecule has 0 saturated heterocycles. The maximum Gasteiger partial charge on any atom is 0.226 e. The molecule has 0 aliphatic carbocycles. The number of hydrogen-bond acceptors (Lipinski definition) is 3. The summed E-state index contributed by atoms with van der Waals surface area (Å²) < 4.78 is 0. The molecule has 0 radical (unpaired) electrons. The molecule has 4 heteroatoms. The number of aromatic nitrogens is 1. The molecule has 1 aromatic rings. The molecular weight excluding hydrogens is 192 g/mol. The Bertz CT molecular complexity index is 312. The van der Waals surface area contributed by atoms with Crippen molar-refractivity contribution in [1.82, 2.24) is 4.98 Å². The van der Waals surface area contributed by atoms with Gasteiger partial charge in [0.25, 0.3) is 0 Å². The minimum atomic E-state index is -0.434. The molecule has 0 bridgehead atoms. The van der Waals surface area contributed by atoms with Crippen LogP contribution in [0.3, 0.4) is 0 Å². The van der Waals surface area contributed by atoms with Crippen LogP contribution in [0, 0.1) is 0 Å². The Labute approximate surface area is 89.6 Å². The molecule has 0 aliphatic rings. The Morgan fingerprint density at radius 1 is 1.67 bits per heavy atom. The Kier molecular flexibility index (Phi) is 4.24. The molecule has 0 spiro atoms. The molecular formula is C11H16N2O2. The number of carbonyl (C=O) groups excluding carboxylic acids is 1. The van der Waals surface area contributed by atoms with Gasteiger partial charge in [0.1, 0.15) is 0 Å². The zero-order chi connectivity index (χ0) is 11.3. The van der Waals surface area contributed by atoms with Gasteiger partial charge in [0.15, 0.2) is 0 Å². The monoisotopic (exact) mass is 208 g/mol. The molecule has 1 heterocycles. The van der Waals surface area contributed by atoms with Crippen molar-refractivity contribution < 1.29 is 9.90 Å². The molecule has 82 valence electrons. The van der Waals surface area contributed by atoms with Crippen molar-refractivity contribution in [3.63, 3.8) is 0 Å². The van der Waals surface area contributed by atoms with Gasteiger partial charge >= 0.3 is 0 Å². The van der Waals surface area contributed by atoms with E-state index < -0.39 is 6.10 Å². The van der Waals surface area contributed by atoms with Gasteiger partial charge in [0.2, 0.25) is 5.91 Å². The van der Waals surface area contributed by atoms with Crippen LogP contribution in [-0.2, 0) is 4.79 Å². The first kappa shape index (κ1) is 11.7. The van der Waals surface area contributed by atoms with Crippen molar-refractivity contribution in [2.45, 2.75) is 25.9 Å². The van der Waals surface area contributed by atoms with Crippen LogP contribution in [0.2, 0.25) is 0 Å². The van der Waals surface area contributed by atoms with Gasteiger partial charge in [-0.05, 0) is 25.5 Å². The Morgan fingerprint density at radius 2 is 2.40 bits per heavy atom. The van der Waals surface area contributed by atoms with Crippen molar-refractivity contribution in [1.29, 1.82) is 0 Å². The number of pyridine rings is 1. The lowest BCUT2D eigenvalue weighted by Crippen LogP contribution is -2.26. The molecule has 15 heavy (non-hydrogen) atoms. The first-order valence-electron chi connectivity index (χ1n) is 4.96. The van der Waals surface area contributed by atoms with E-state index in [1.54, 1.807) is 37.3 Å². The molecule has 1 amide bonds. The van der Waals surface area contributed by atoms with Gasteiger partial charge < -0.3 is 10.0 Å². The average molecular weight is 208 g/mol. The number of rotatable bonds is 4. The van der Waals surface area contributed by atoms with Gasteiger partial charge in [-0.25, -0.2) is 0 Å². The topological polar surface area (TPSA) is 53.4 Å². The minimum absolute atomic E-state index is 0.0103. The van der Waals surface area contributed by atoms with Gasteiger partial charge in [-0.15, -0.1) is 0 Å². The lowest BCUT2D eigenvalue weighted by Gasteiger charge is -2.16. The number of aliphatic hydroxyl groups excluding tert-OH is 1. The molecule has 1 aromatic heterocycles. The van der Waals surface area contributed by atoms with E-state index in [1.165, 1.54) is 0 Å². The summed E-state index contributed by atoms with van der Waals surface area (Å²) in [5.74, 6) is -0.0103. The normalized spacial score (nSPS) is 12.2. The highest BCUT2D eigenvalue weighted by Gasteiger charge is 2.11. The second-order valence-corrected chi connectivity index (χ2v) is 3.55. The van der Waals surface area contributed by atoms with Gasteiger partial charge in [0.05, 0.1) is 18.0 Å². The highest BCUT2D eigenvalue weighted by atomic mass is 16.3. The van der Waals surface area contributed by atoms with Crippen molar-refractivity contribution in [3.8, 4) is 0 Å². The van der Waals surface area contributed by atoms with Crippen LogP contribution in [0.1, 0.15) is 19.8 Å². The standard InChI is InChI=1S/C11H16N2O2/c1-9(14)5-6-11(15)13(2)10-4-3-7-12-8-10/h3-4,7-9,14H,5-6H2,1-2H3. The predicted molar refractivity (Wildman–Crippen MR) is 58.6 cm³/mol. The lowest BCUT2D eigenvalue weighted by atomic mass is 10.2. The van der Waals surface area contributed by atoms with Crippen LogP contribution in [-0.4, -0.2) is 29.1 Å². The quantitative estimate of drug-likeness (QED) is 0.809. The SMILES string of the molecule is CC(O)CCC(=O)N(C)c1cccnc1. The van der Waals surface area contributed by atoms with Crippen molar-refractivity contribution in [2.75, 3.05) is 11.9 Å². The van der Waals surface area contributed by atoms with E-state index in [1.807, 2.05) is 6.07 Å². The van der Waals surface area contributed by atoms with E-state index in [4.69, 9.17) is 5.11 Å². The fourth-order valence-electron chi connectivity index (χ4n) is 1.20. The maximum absolute atomic E-state index is 11.6. The Balaban J connectivity index is 2.54. The second-order valence-electron chi connectivity index (χ2n) is 3.55. The van der Waals surface area contributed by atoms with Crippen LogP contribution in [0.15, 0.2) is 24.5 Å². The number of hydrogen-bond donors (Lipinski definition) is 1. The number of amides is 1. The highest BCUT2D eigenvalue weighted by molar-refractivity contribution is 5.92. The molecule has 1 rings (SSSR count). The van der Waals surface area contributed by atoms with Crippen LogP contribution >= 0.6 is 0 Å². The van der Waals surface area contributed by atoms with Crippen molar-refractivity contribution in [3.05, 3.63) is 24.5 Å². The summed E-state index contributed by atoms with van der Waals surface area (Å²) in [4.78, 5) is 17.1. The zero-order valence-corrected chi connectivity index (χ0v) is 9.05. The smallest absolute Gasteiger partial charge is 0.226 e. The summed E-state index contributed by atoms with van der Waals surface area (Å²) >= 11 is 0. The summed E-state index contributed by atoms with van der Waals surface area (Å²) in [7, 11) is 1.71. The van der Waals surface area contributed by atoms with E-state index in [0.29, 0.717) is 12.8 Å². The van der Waals surface area contributed by atoms with Gasteiger partial charge in [-0.3, -0.25) is 9.78 Å². The van der Waals surface area contributed by atoms with E-state index in [9.17, 15) is 4.79 Å². The second kappa shape index (κ2) is 5.46. The Morgan fingerprint density at radius 3 is 2.93 bits per heavy atom. The first-order chi connectivity index (χ1) is 7.11. The van der Waals surface area contributed by atoms with Crippen LogP contribution in [0.25, 0.3) is 0 Å². The van der Waals surface area contributed by atoms with Gasteiger partial charge in [-0.1, -0.05) is 0 Å². The van der Waals surface area contributed by atoms with Crippen LogP contribution < -0.4 is 4.90 Å². The largest absolute Gasteiger partial charge is 0.393 e. The third-order valence-corrected chi connectivity index (χ3v) is 2.18. The molecule has 0 saturated carbocycles. The van der Waals surface area contributed by atoms with Gasteiger partial charge in [0, 0.05) is 19.7 Å². The average Bonchev–Trinajstić information content (AvgIpc) is 2.26. The molecule has 4 nitrogen and oxygen atoms in total. The molecule has 0 aliphatic heterocycles. The van der Waals surface area contributed by atoms with E-state index in [0.717, 1.165) is 5.69 Å². The van der Waals surface area contributed by atoms with Gasteiger partial charge in [-0.2, -0.15) is 0 Å². The number of aliphatic hydroxyl groups is 1. The molecule has 1 N–H and O–H groups in total. The summed E-state index contributed by atoms with van der Waals surface area (Å²) in [6.07, 6.45) is 3.71. The third-order valence-electron chi connectivity index (χ3n) is 2.18. The summed E-state index contributed by atoms with van der Waals surface area (Å²) in [6.45, 7) is 1.68. The Hall–Kier alpha value is -1.42. The number of anilines is 1. The number of carbonyl (C=O) groups is 1. The van der Waals surface area contributed by atoms with Crippen molar-refractivity contribution in [2.24, 2.45) is 0 Å². The first-order valence-corrected chi connectivity index (χ1v) is 4.96. The van der Waals surface area contributed by atoms with E-state index >= 15 is 0 Å². The van der Waals surface area contributed by atoms with Crippen LogP contribution in [0.5, 0.6) is 0 Å². The third kappa shape index (κ3) is 3.67.